The van der Waals surface area contributed by atoms with E-state index in [1.165, 1.54) is 5.56 Å². The molecule has 0 spiro atoms. The lowest BCUT2D eigenvalue weighted by atomic mass is 9.87. The maximum Gasteiger partial charge on any atom is 0.262 e. The Morgan fingerprint density at radius 3 is 2.46 bits per heavy atom. The molecule has 0 unspecified atom stereocenters. The molecule has 6 heteroatoms. The van der Waals surface area contributed by atoms with Crippen LogP contribution in [-0.4, -0.2) is 32.3 Å². The Morgan fingerprint density at radius 2 is 1.79 bits per heavy atom. The number of anilines is 1. The number of ether oxygens (including phenoxy) is 3. The zero-order valence-corrected chi connectivity index (χ0v) is 18.5. The highest BCUT2D eigenvalue weighted by atomic mass is 79.9. The number of hydrogen-bond donors (Lipinski definition) is 1. The molecule has 2 aromatic rings. The van der Waals surface area contributed by atoms with Crippen LogP contribution >= 0.6 is 15.9 Å². The van der Waals surface area contributed by atoms with Crippen LogP contribution in [0.3, 0.4) is 0 Å². The summed E-state index contributed by atoms with van der Waals surface area (Å²) in [4.78, 5) is 12.3. The monoisotopic (exact) mass is 449 g/mol. The Hall–Kier alpha value is -2.05. The standard InChI is InChI=1S/C22H28BrNO4/c1-5-26-12-13-27-20-9-7-6-8-18(20)24-21(25)15-28-19-11-10-16(14-17(19)23)22(2,3)4/h6-11,14H,5,12-13,15H2,1-4H3,(H,24,25). The van der Waals surface area contributed by atoms with Crippen LogP contribution in [0, 0.1) is 0 Å². The average molecular weight is 450 g/mol. The van der Waals surface area contributed by atoms with Gasteiger partial charge in [0.05, 0.1) is 16.8 Å². The Bertz CT molecular complexity index is 786. The number of amides is 1. The van der Waals surface area contributed by atoms with Crippen LogP contribution in [0.4, 0.5) is 5.69 Å². The highest BCUT2D eigenvalue weighted by Crippen LogP contribution is 2.31. The van der Waals surface area contributed by atoms with E-state index in [1.807, 2.05) is 43.3 Å². The summed E-state index contributed by atoms with van der Waals surface area (Å²) in [7, 11) is 0. The number of rotatable bonds is 9. The van der Waals surface area contributed by atoms with Crippen LogP contribution in [0.15, 0.2) is 46.9 Å². The molecule has 0 aliphatic rings. The first-order chi connectivity index (χ1) is 13.3. The van der Waals surface area contributed by atoms with Gasteiger partial charge >= 0.3 is 0 Å². The molecular formula is C22H28BrNO4. The van der Waals surface area contributed by atoms with Gasteiger partial charge in [-0.3, -0.25) is 4.79 Å². The first-order valence-electron chi connectivity index (χ1n) is 9.33. The fraction of sp³-hybridized carbons (Fsp3) is 0.409. The average Bonchev–Trinajstić information content (AvgIpc) is 2.64. The Morgan fingerprint density at radius 1 is 1.04 bits per heavy atom. The Balaban J connectivity index is 1.93. The van der Waals surface area contributed by atoms with Gasteiger partial charge in [-0.2, -0.15) is 0 Å². The van der Waals surface area contributed by atoms with Gasteiger partial charge in [-0.05, 0) is 58.1 Å². The highest BCUT2D eigenvalue weighted by molar-refractivity contribution is 9.10. The summed E-state index contributed by atoms with van der Waals surface area (Å²) in [5.74, 6) is 0.975. The van der Waals surface area contributed by atoms with Gasteiger partial charge in [-0.1, -0.05) is 39.0 Å². The van der Waals surface area contributed by atoms with E-state index in [0.29, 0.717) is 37.0 Å². The van der Waals surface area contributed by atoms with E-state index >= 15 is 0 Å². The first-order valence-corrected chi connectivity index (χ1v) is 10.1. The van der Waals surface area contributed by atoms with E-state index in [2.05, 4.69) is 42.0 Å². The van der Waals surface area contributed by atoms with Crippen molar-refractivity contribution in [1.29, 1.82) is 0 Å². The third kappa shape index (κ3) is 6.84. The van der Waals surface area contributed by atoms with E-state index in [4.69, 9.17) is 14.2 Å². The largest absolute Gasteiger partial charge is 0.489 e. The van der Waals surface area contributed by atoms with Crippen molar-refractivity contribution in [3.05, 3.63) is 52.5 Å². The van der Waals surface area contributed by atoms with E-state index in [0.717, 1.165) is 4.47 Å². The van der Waals surface area contributed by atoms with Crippen LogP contribution in [0.5, 0.6) is 11.5 Å². The molecule has 2 rings (SSSR count). The minimum Gasteiger partial charge on any atom is -0.489 e. The second-order valence-corrected chi connectivity index (χ2v) is 8.13. The smallest absolute Gasteiger partial charge is 0.262 e. The third-order valence-electron chi connectivity index (χ3n) is 4.01. The van der Waals surface area contributed by atoms with Crippen LogP contribution in [0.2, 0.25) is 0 Å². The van der Waals surface area contributed by atoms with Gasteiger partial charge in [0, 0.05) is 6.61 Å². The van der Waals surface area contributed by atoms with Crippen molar-refractivity contribution in [3.8, 4) is 11.5 Å². The minimum absolute atomic E-state index is 0.0459. The maximum atomic E-state index is 12.3. The summed E-state index contributed by atoms with van der Waals surface area (Å²) in [6, 6.07) is 13.2. The highest BCUT2D eigenvalue weighted by Gasteiger charge is 2.16. The van der Waals surface area contributed by atoms with Crippen LogP contribution in [0.1, 0.15) is 33.3 Å². The molecule has 0 aromatic heterocycles. The molecule has 0 saturated heterocycles. The molecule has 0 fully saturated rings. The molecule has 1 N–H and O–H groups in total. The quantitative estimate of drug-likeness (QED) is 0.535. The molecule has 0 radical (unpaired) electrons. The molecule has 0 saturated carbocycles. The van der Waals surface area contributed by atoms with Gasteiger partial charge in [0.25, 0.3) is 5.91 Å². The van der Waals surface area contributed by atoms with Crippen LogP contribution in [-0.2, 0) is 14.9 Å². The van der Waals surface area contributed by atoms with Crippen molar-refractivity contribution in [1.82, 2.24) is 0 Å². The normalized spacial score (nSPS) is 11.2. The van der Waals surface area contributed by atoms with Gasteiger partial charge in [-0.25, -0.2) is 0 Å². The fourth-order valence-corrected chi connectivity index (χ4v) is 2.96. The van der Waals surface area contributed by atoms with Crippen molar-refractivity contribution < 1.29 is 19.0 Å². The summed E-state index contributed by atoms with van der Waals surface area (Å²) < 4.78 is 17.4. The van der Waals surface area contributed by atoms with E-state index in [1.54, 1.807) is 6.07 Å². The zero-order valence-electron chi connectivity index (χ0n) is 16.9. The lowest BCUT2D eigenvalue weighted by Gasteiger charge is -2.20. The number of carbonyl (C=O) groups is 1. The van der Waals surface area contributed by atoms with Gasteiger partial charge in [0.2, 0.25) is 0 Å². The number of carbonyl (C=O) groups excluding carboxylic acids is 1. The van der Waals surface area contributed by atoms with Gasteiger partial charge in [0.1, 0.15) is 18.1 Å². The molecule has 0 bridgehead atoms. The third-order valence-corrected chi connectivity index (χ3v) is 4.63. The van der Waals surface area contributed by atoms with Gasteiger partial charge < -0.3 is 19.5 Å². The van der Waals surface area contributed by atoms with Crippen molar-refractivity contribution >= 4 is 27.5 Å². The molecule has 152 valence electrons. The molecule has 1 amide bonds. The number of halogens is 1. The molecule has 0 atom stereocenters. The summed E-state index contributed by atoms with van der Waals surface area (Å²) >= 11 is 3.52. The zero-order chi connectivity index (χ0) is 20.6. The second-order valence-electron chi connectivity index (χ2n) is 7.27. The molecule has 2 aromatic carbocycles. The molecule has 28 heavy (non-hydrogen) atoms. The van der Waals surface area contributed by atoms with E-state index in [-0.39, 0.29) is 17.9 Å². The SMILES string of the molecule is CCOCCOc1ccccc1NC(=O)COc1ccc(C(C)(C)C)cc1Br. The number of benzene rings is 2. The fourth-order valence-electron chi connectivity index (χ4n) is 2.46. The predicted octanol–water partition coefficient (Wildman–Crippen LogP) is 5.18. The van der Waals surface area contributed by atoms with Crippen molar-refractivity contribution in [3.63, 3.8) is 0 Å². The molecule has 5 nitrogen and oxygen atoms in total. The second kappa shape index (κ2) is 10.5. The van der Waals surface area contributed by atoms with Crippen molar-refractivity contribution in [2.75, 3.05) is 31.7 Å². The molecular weight excluding hydrogens is 422 g/mol. The van der Waals surface area contributed by atoms with Gasteiger partial charge in [0.15, 0.2) is 6.61 Å². The number of para-hydroxylation sites is 2. The van der Waals surface area contributed by atoms with Crippen LogP contribution in [0.25, 0.3) is 0 Å². The van der Waals surface area contributed by atoms with Gasteiger partial charge in [-0.15, -0.1) is 0 Å². The summed E-state index contributed by atoms with van der Waals surface area (Å²) in [6.07, 6.45) is 0. The molecule has 0 aliphatic carbocycles. The van der Waals surface area contributed by atoms with E-state index in [9.17, 15) is 4.79 Å². The Kier molecular flexibility index (Phi) is 8.33. The van der Waals surface area contributed by atoms with E-state index < -0.39 is 0 Å². The molecule has 0 aliphatic heterocycles. The van der Waals surface area contributed by atoms with Crippen molar-refractivity contribution in [2.24, 2.45) is 0 Å². The maximum absolute atomic E-state index is 12.3. The topological polar surface area (TPSA) is 56.8 Å². The summed E-state index contributed by atoms with van der Waals surface area (Å²) in [5.41, 5.74) is 1.84. The predicted molar refractivity (Wildman–Crippen MR) is 115 cm³/mol. The molecule has 0 heterocycles. The summed E-state index contributed by atoms with van der Waals surface area (Å²) in [6.45, 7) is 9.85. The number of nitrogens with one attached hydrogen (secondary N) is 1. The minimum atomic E-state index is -0.257. The lowest BCUT2D eigenvalue weighted by molar-refractivity contribution is -0.118. The first kappa shape index (κ1) is 22.2. The number of hydrogen-bond acceptors (Lipinski definition) is 4. The Labute approximate surface area is 175 Å². The summed E-state index contributed by atoms with van der Waals surface area (Å²) in [5, 5.41) is 2.83. The van der Waals surface area contributed by atoms with Crippen LogP contribution < -0.4 is 14.8 Å². The lowest BCUT2D eigenvalue weighted by Crippen LogP contribution is -2.21. The van der Waals surface area contributed by atoms with Crippen molar-refractivity contribution in [2.45, 2.75) is 33.1 Å².